The van der Waals surface area contributed by atoms with Gasteiger partial charge in [0.05, 0.1) is 8.07 Å². The topological polar surface area (TPSA) is 0 Å². The molecular weight excluding hydrogens is 188 g/mol. The summed E-state index contributed by atoms with van der Waals surface area (Å²) in [4.78, 5) is 0. The van der Waals surface area contributed by atoms with Crippen LogP contribution in [0, 0.1) is 11.5 Å². The van der Waals surface area contributed by atoms with E-state index in [1.54, 1.807) is 0 Å². The van der Waals surface area contributed by atoms with E-state index in [2.05, 4.69) is 63.1 Å². The second-order valence-electron chi connectivity index (χ2n) is 5.30. The van der Waals surface area contributed by atoms with Crippen LogP contribution in [0.2, 0.25) is 39.3 Å². The number of allylic oxidation sites excluding steroid dienone is 1. The second-order valence-corrected chi connectivity index (χ2v) is 15.1. The molecule has 0 aliphatic carbocycles. The van der Waals surface area contributed by atoms with Gasteiger partial charge in [-0.3, -0.25) is 0 Å². The predicted molar refractivity (Wildman–Crippen MR) is 67.1 cm³/mol. The van der Waals surface area contributed by atoms with Crippen LogP contribution in [-0.2, 0) is 0 Å². The van der Waals surface area contributed by atoms with Crippen molar-refractivity contribution in [2.24, 2.45) is 0 Å². The molecule has 0 saturated heterocycles. The summed E-state index contributed by atoms with van der Waals surface area (Å²) < 4.78 is 0. The maximum atomic E-state index is 3.71. The molecule has 0 aromatic heterocycles. The second kappa shape index (κ2) is 4.15. The highest BCUT2D eigenvalue weighted by Gasteiger charge is 2.18. The third-order valence-corrected chi connectivity index (χ3v) is 4.17. The zero-order valence-corrected chi connectivity index (χ0v) is 11.7. The Labute approximate surface area is 84.8 Å². The third-order valence-electron chi connectivity index (χ3n) is 1.49. The van der Waals surface area contributed by atoms with Crippen molar-refractivity contribution in [3.8, 4) is 11.5 Å². The van der Waals surface area contributed by atoms with E-state index in [-0.39, 0.29) is 0 Å². The van der Waals surface area contributed by atoms with Gasteiger partial charge in [-0.05, 0) is 0 Å². The average molecular weight is 208 g/mol. The molecule has 0 bridgehead atoms. The molecule has 72 valence electrons. The summed E-state index contributed by atoms with van der Waals surface area (Å²) in [6.07, 6.45) is 0. The fourth-order valence-electron chi connectivity index (χ4n) is 0.747. The Morgan fingerprint density at radius 1 is 1.00 bits per heavy atom. The number of hydrogen-bond acceptors (Lipinski definition) is 0. The van der Waals surface area contributed by atoms with Crippen molar-refractivity contribution in [3.05, 3.63) is 17.5 Å². The zero-order chi connectivity index (χ0) is 10.7. The Hall–Kier alpha value is -0.486. The molecule has 0 unspecified atom stereocenters. The molecule has 0 aliphatic heterocycles. The highest BCUT2D eigenvalue weighted by molar-refractivity contribution is 6.86. The van der Waals surface area contributed by atoms with Gasteiger partial charge in [-0.25, -0.2) is 0 Å². The van der Waals surface area contributed by atoms with Crippen molar-refractivity contribution in [2.45, 2.75) is 39.3 Å². The molecule has 0 radical (unpaired) electrons. The SMILES string of the molecule is C=C=C(C#C[Si](C)(C)C)[Si](C)(C)C. The summed E-state index contributed by atoms with van der Waals surface area (Å²) in [6.45, 7) is 17.3. The summed E-state index contributed by atoms with van der Waals surface area (Å²) in [7, 11) is -2.54. The van der Waals surface area contributed by atoms with Gasteiger partial charge in [0, 0.05) is 5.20 Å². The Bertz CT molecular complexity index is 283. The first-order valence-corrected chi connectivity index (χ1v) is 11.6. The molecule has 0 aliphatic rings. The van der Waals surface area contributed by atoms with Gasteiger partial charge in [0.15, 0.2) is 0 Å². The molecule has 0 heterocycles. The van der Waals surface area contributed by atoms with Crippen molar-refractivity contribution in [1.29, 1.82) is 0 Å². The first-order valence-electron chi connectivity index (χ1n) is 4.60. The van der Waals surface area contributed by atoms with E-state index in [1.807, 2.05) is 0 Å². The highest BCUT2D eigenvalue weighted by atomic mass is 28.3. The molecule has 0 aromatic rings. The van der Waals surface area contributed by atoms with Crippen molar-refractivity contribution in [3.63, 3.8) is 0 Å². The Morgan fingerprint density at radius 3 is 1.69 bits per heavy atom. The van der Waals surface area contributed by atoms with Crippen LogP contribution in [0.4, 0.5) is 0 Å². The van der Waals surface area contributed by atoms with E-state index in [9.17, 15) is 0 Å². The molecule has 0 rings (SSSR count). The van der Waals surface area contributed by atoms with Crippen molar-refractivity contribution >= 4 is 16.1 Å². The van der Waals surface area contributed by atoms with Crippen molar-refractivity contribution < 1.29 is 0 Å². The average Bonchev–Trinajstić information content (AvgIpc) is 1.82. The predicted octanol–water partition coefficient (Wildman–Crippen LogP) is 3.46. The first kappa shape index (κ1) is 12.5. The van der Waals surface area contributed by atoms with E-state index in [1.165, 1.54) is 0 Å². The molecule has 0 saturated carbocycles. The lowest BCUT2D eigenvalue weighted by atomic mass is 10.6. The van der Waals surface area contributed by atoms with Crippen LogP contribution in [0.3, 0.4) is 0 Å². The van der Waals surface area contributed by atoms with Crippen LogP contribution in [0.15, 0.2) is 17.5 Å². The minimum Gasteiger partial charge on any atom is -0.127 e. The van der Waals surface area contributed by atoms with Crippen LogP contribution < -0.4 is 0 Å². The Balaban J connectivity index is 4.87. The maximum absolute atomic E-state index is 3.71. The largest absolute Gasteiger partial charge is 0.129 e. The van der Waals surface area contributed by atoms with Gasteiger partial charge in [0.2, 0.25) is 0 Å². The van der Waals surface area contributed by atoms with Crippen molar-refractivity contribution in [1.82, 2.24) is 0 Å². The molecule has 0 aromatic carbocycles. The molecule has 0 atom stereocenters. The Kier molecular flexibility index (Phi) is 3.99. The summed E-state index contributed by atoms with van der Waals surface area (Å²) in [5.41, 5.74) is 6.36. The van der Waals surface area contributed by atoms with Crippen LogP contribution in [0.25, 0.3) is 0 Å². The van der Waals surface area contributed by atoms with Gasteiger partial charge in [-0.2, -0.15) is 0 Å². The van der Waals surface area contributed by atoms with Crippen molar-refractivity contribution in [2.75, 3.05) is 0 Å². The van der Waals surface area contributed by atoms with E-state index in [0.717, 1.165) is 5.20 Å². The minimum atomic E-state index is -1.29. The monoisotopic (exact) mass is 208 g/mol. The number of rotatable bonds is 1. The summed E-state index contributed by atoms with van der Waals surface area (Å²) in [5.74, 6) is 3.27. The molecule has 0 nitrogen and oxygen atoms in total. The van der Waals surface area contributed by atoms with E-state index < -0.39 is 16.1 Å². The molecule has 0 spiro atoms. The van der Waals surface area contributed by atoms with Crippen LogP contribution >= 0.6 is 0 Å². The van der Waals surface area contributed by atoms with Gasteiger partial charge in [0.1, 0.15) is 8.07 Å². The van der Waals surface area contributed by atoms with E-state index in [4.69, 9.17) is 0 Å². The lowest BCUT2D eigenvalue weighted by Gasteiger charge is -2.13. The normalized spacial score (nSPS) is 11.2. The zero-order valence-electron chi connectivity index (χ0n) is 9.71. The Morgan fingerprint density at radius 2 is 1.46 bits per heavy atom. The standard InChI is InChI=1S/C11H20Si2/c1-8-11(13(5,6)7)9-10-12(2,3)4/h1H2,2-7H3. The summed E-state index contributed by atoms with van der Waals surface area (Å²) >= 11 is 0. The smallest absolute Gasteiger partial charge is 0.127 e. The van der Waals surface area contributed by atoms with Gasteiger partial charge in [0.25, 0.3) is 0 Å². The fraction of sp³-hybridized carbons (Fsp3) is 0.545. The van der Waals surface area contributed by atoms with E-state index in [0.29, 0.717) is 0 Å². The van der Waals surface area contributed by atoms with Gasteiger partial charge in [-0.15, -0.1) is 11.3 Å². The molecule has 0 fully saturated rings. The quantitative estimate of drug-likeness (QED) is 0.352. The molecule has 0 N–H and O–H groups in total. The number of hydrogen-bond donors (Lipinski definition) is 0. The lowest BCUT2D eigenvalue weighted by Crippen LogP contribution is -2.23. The minimum absolute atomic E-state index is 1.16. The van der Waals surface area contributed by atoms with Crippen LogP contribution in [0.1, 0.15) is 0 Å². The molecule has 2 heteroatoms. The molecule has 0 amide bonds. The maximum Gasteiger partial charge on any atom is 0.129 e. The summed E-state index contributed by atoms with van der Waals surface area (Å²) in [5, 5.41) is 1.16. The summed E-state index contributed by atoms with van der Waals surface area (Å²) in [6, 6.07) is 0. The lowest BCUT2D eigenvalue weighted by molar-refractivity contribution is 1.70. The fourth-order valence-corrected chi connectivity index (χ4v) is 2.34. The third kappa shape index (κ3) is 5.71. The van der Waals surface area contributed by atoms with E-state index >= 15 is 0 Å². The molecular formula is C11H20Si2. The van der Waals surface area contributed by atoms with Crippen LogP contribution in [0.5, 0.6) is 0 Å². The first-order chi connectivity index (χ1) is 5.67. The van der Waals surface area contributed by atoms with Gasteiger partial charge >= 0.3 is 0 Å². The van der Waals surface area contributed by atoms with Gasteiger partial charge < -0.3 is 0 Å². The highest BCUT2D eigenvalue weighted by Crippen LogP contribution is 2.12. The molecule has 13 heavy (non-hydrogen) atoms. The van der Waals surface area contributed by atoms with Crippen LogP contribution in [-0.4, -0.2) is 16.1 Å². The van der Waals surface area contributed by atoms with Gasteiger partial charge in [-0.1, -0.05) is 51.8 Å².